The minimum Gasteiger partial charge on any atom is -0.494 e. The van der Waals surface area contributed by atoms with E-state index in [9.17, 15) is 19.1 Å². The maximum atomic E-state index is 14.4. The van der Waals surface area contributed by atoms with Crippen LogP contribution >= 0.6 is 11.6 Å². The number of imidazole rings is 1. The highest BCUT2D eigenvalue weighted by Gasteiger charge is 2.31. The average Bonchev–Trinajstić information content (AvgIpc) is 3.22. The van der Waals surface area contributed by atoms with Gasteiger partial charge in [-0.2, -0.15) is 4.98 Å². The van der Waals surface area contributed by atoms with Crippen LogP contribution in [0.15, 0.2) is 52.1 Å². The molecule has 0 radical (unpaired) electrons. The first-order chi connectivity index (χ1) is 16.8. The monoisotopic (exact) mass is 499 g/mol. The van der Waals surface area contributed by atoms with Crippen molar-refractivity contribution < 1.29 is 14.2 Å². The van der Waals surface area contributed by atoms with Gasteiger partial charge in [0.2, 0.25) is 5.95 Å². The summed E-state index contributed by atoms with van der Waals surface area (Å²) in [6.45, 7) is 2.47. The number of rotatable bonds is 5. The van der Waals surface area contributed by atoms with Crippen LogP contribution in [0.2, 0.25) is 5.02 Å². The molecule has 1 N–H and O–H groups in total. The molecule has 5 rings (SSSR count). The Morgan fingerprint density at radius 3 is 2.60 bits per heavy atom. The van der Waals surface area contributed by atoms with Crippen LogP contribution in [-0.4, -0.2) is 43.0 Å². The molecule has 11 heteroatoms. The fourth-order valence-corrected chi connectivity index (χ4v) is 4.61. The van der Waals surface area contributed by atoms with Crippen molar-refractivity contribution in [1.82, 2.24) is 18.7 Å². The van der Waals surface area contributed by atoms with Gasteiger partial charge in [-0.3, -0.25) is 13.9 Å². The molecule has 3 heterocycles. The van der Waals surface area contributed by atoms with Gasteiger partial charge in [-0.1, -0.05) is 17.7 Å². The first-order valence-electron chi connectivity index (χ1n) is 11.1. The molecule has 0 spiro atoms. The van der Waals surface area contributed by atoms with Gasteiger partial charge in [0.15, 0.2) is 11.2 Å². The highest BCUT2D eigenvalue weighted by atomic mass is 35.5. The molecule has 0 aliphatic carbocycles. The number of fused-ring (bicyclic) bond motifs is 3. The van der Waals surface area contributed by atoms with E-state index >= 15 is 0 Å². The Kier molecular flexibility index (Phi) is 5.86. The molecule has 182 valence electrons. The largest absolute Gasteiger partial charge is 0.494 e. The highest BCUT2D eigenvalue weighted by Crippen LogP contribution is 2.32. The Balaban J connectivity index is 1.68. The van der Waals surface area contributed by atoms with Gasteiger partial charge in [-0.15, -0.1) is 0 Å². The molecule has 0 amide bonds. The summed E-state index contributed by atoms with van der Waals surface area (Å²) < 4.78 is 23.7. The average molecular weight is 500 g/mol. The third-order valence-electron chi connectivity index (χ3n) is 6.08. The zero-order chi connectivity index (χ0) is 24.9. The fourth-order valence-electron chi connectivity index (χ4n) is 4.39. The maximum absolute atomic E-state index is 14.4. The second-order valence-corrected chi connectivity index (χ2v) is 8.73. The molecular formula is C24H23ClFN5O4. The Morgan fingerprint density at radius 1 is 1.17 bits per heavy atom. The molecule has 9 nitrogen and oxygen atoms in total. The van der Waals surface area contributed by atoms with Crippen molar-refractivity contribution in [2.24, 2.45) is 7.05 Å². The van der Waals surface area contributed by atoms with E-state index in [1.165, 1.54) is 29.8 Å². The zero-order valence-electron chi connectivity index (χ0n) is 19.1. The van der Waals surface area contributed by atoms with Crippen molar-refractivity contribution in [2.75, 3.05) is 18.1 Å². The van der Waals surface area contributed by atoms with E-state index in [1.54, 1.807) is 9.47 Å². The molecule has 0 saturated carbocycles. The quantitative estimate of drug-likeness (QED) is 0.453. The summed E-state index contributed by atoms with van der Waals surface area (Å²) in [5.74, 6) is 0.515. The number of aryl methyl sites for hydroxylation is 1. The van der Waals surface area contributed by atoms with Gasteiger partial charge >= 0.3 is 5.69 Å². The molecule has 0 unspecified atom stereocenters. The molecule has 0 fully saturated rings. The number of aromatic nitrogens is 4. The van der Waals surface area contributed by atoms with E-state index in [0.29, 0.717) is 18.3 Å². The van der Waals surface area contributed by atoms with Crippen LogP contribution in [0.3, 0.4) is 0 Å². The lowest BCUT2D eigenvalue weighted by atomic mass is 10.2. The van der Waals surface area contributed by atoms with E-state index < -0.39 is 23.2 Å². The fraction of sp³-hybridized carbons (Fsp3) is 0.292. The molecule has 1 atom stereocenters. The van der Waals surface area contributed by atoms with Crippen molar-refractivity contribution in [3.63, 3.8) is 0 Å². The molecule has 4 aromatic rings. The number of halogens is 2. The van der Waals surface area contributed by atoms with Crippen LogP contribution in [0.4, 0.5) is 16.0 Å². The minimum atomic E-state index is -0.794. The number of anilines is 2. The molecule has 35 heavy (non-hydrogen) atoms. The van der Waals surface area contributed by atoms with Crippen LogP contribution in [0.25, 0.3) is 11.2 Å². The molecule has 1 aliphatic heterocycles. The van der Waals surface area contributed by atoms with Crippen LogP contribution in [0.1, 0.15) is 12.5 Å². The number of aliphatic hydroxyl groups excluding tert-OH is 1. The van der Waals surface area contributed by atoms with Gasteiger partial charge in [-0.25, -0.2) is 9.18 Å². The second kappa shape index (κ2) is 8.86. The number of hydrogen-bond acceptors (Lipinski definition) is 6. The first-order valence-corrected chi connectivity index (χ1v) is 11.5. The smallest absolute Gasteiger partial charge is 0.332 e. The number of ether oxygens (including phenoxy) is 1. The first kappa shape index (κ1) is 23.1. The van der Waals surface area contributed by atoms with Crippen LogP contribution in [0.5, 0.6) is 5.75 Å². The van der Waals surface area contributed by atoms with Crippen molar-refractivity contribution in [1.29, 1.82) is 0 Å². The molecule has 2 aromatic carbocycles. The van der Waals surface area contributed by atoms with E-state index in [0.717, 1.165) is 10.3 Å². The lowest BCUT2D eigenvalue weighted by molar-refractivity contribution is 0.154. The normalized spacial score (nSPS) is 15.5. The second-order valence-electron chi connectivity index (χ2n) is 8.32. The number of hydrogen-bond donors (Lipinski definition) is 1. The van der Waals surface area contributed by atoms with Crippen molar-refractivity contribution in [3.8, 4) is 5.75 Å². The maximum Gasteiger partial charge on any atom is 0.332 e. The van der Waals surface area contributed by atoms with E-state index in [4.69, 9.17) is 16.3 Å². The number of β-amino-alcohol motifs (C(OH)–C–C–N with tert-alkyl or cyclic N) is 1. The molecule has 1 aliphatic rings. The van der Waals surface area contributed by atoms with Gasteiger partial charge < -0.3 is 19.3 Å². The third-order valence-corrected chi connectivity index (χ3v) is 6.43. The summed E-state index contributed by atoms with van der Waals surface area (Å²) in [7, 11) is 1.50. The highest BCUT2D eigenvalue weighted by molar-refractivity contribution is 6.31. The van der Waals surface area contributed by atoms with Crippen LogP contribution < -0.4 is 20.9 Å². The van der Waals surface area contributed by atoms with E-state index in [2.05, 4.69) is 4.98 Å². The lowest BCUT2D eigenvalue weighted by Gasteiger charge is -2.32. The van der Waals surface area contributed by atoms with Gasteiger partial charge in [0.1, 0.15) is 11.6 Å². The third kappa shape index (κ3) is 3.88. The molecule has 0 saturated heterocycles. The molecular weight excluding hydrogens is 477 g/mol. The SMILES string of the molecule is CCOc1ccc(N2C[C@@H](O)Cn3c2nc2c3c(=O)n(Cc3c(F)cccc3Cl)c(=O)n2C)cc1. The summed E-state index contributed by atoms with van der Waals surface area (Å²) in [5, 5.41) is 10.8. The minimum absolute atomic E-state index is 0.0437. The zero-order valence-corrected chi connectivity index (χ0v) is 19.9. The Bertz CT molecular complexity index is 1520. The van der Waals surface area contributed by atoms with Crippen LogP contribution in [0, 0.1) is 5.82 Å². The van der Waals surface area contributed by atoms with Gasteiger partial charge in [-0.05, 0) is 43.3 Å². The number of nitrogens with zero attached hydrogens (tertiary/aromatic N) is 5. The Labute approximate surface area is 204 Å². The lowest BCUT2D eigenvalue weighted by Crippen LogP contribution is -2.42. The predicted molar refractivity (Wildman–Crippen MR) is 130 cm³/mol. The van der Waals surface area contributed by atoms with Crippen LogP contribution in [-0.2, 0) is 20.1 Å². The summed E-state index contributed by atoms with van der Waals surface area (Å²) in [6, 6.07) is 11.5. The molecule has 0 bridgehead atoms. The van der Waals surface area contributed by atoms with Crippen molar-refractivity contribution >= 4 is 34.4 Å². The van der Waals surface area contributed by atoms with Gasteiger partial charge in [0.25, 0.3) is 5.56 Å². The predicted octanol–water partition coefficient (Wildman–Crippen LogP) is 2.65. The number of benzene rings is 2. The summed E-state index contributed by atoms with van der Waals surface area (Å²) in [4.78, 5) is 33.0. The summed E-state index contributed by atoms with van der Waals surface area (Å²) >= 11 is 6.14. The van der Waals surface area contributed by atoms with Gasteiger partial charge in [0, 0.05) is 23.3 Å². The summed E-state index contributed by atoms with van der Waals surface area (Å²) in [6.07, 6.45) is -0.794. The number of aliphatic hydroxyl groups is 1. The van der Waals surface area contributed by atoms with Gasteiger partial charge in [0.05, 0.1) is 32.3 Å². The molecule has 2 aromatic heterocycles. The standard InChI is InChI=1S/C24H23ClFN5O4/c1-3-35-16-9-7-14(8-10-16)29-11-15(32)12-30-20-21(27-23(29)30)28(2)24(34)31(22(20)33)13-17-18(25)5-4-6-19(17)26/h4-10,15,32H,3,11-13H2,1-2H3/t15-/m1/s1. The Morgan fingerprint density at radius 2 is 1.91 bits per heavy atom. The van der Waals surface area contributed by atoms with E-state index in [1.807, 2.05) is 31.2 Å². The van der Waals surface area contributed by atoms with E-state index in [-0.39, 0.29) is 41.4 Å². The Hall–Kier alpha value is -3.63. The van der Waals surface area contributed by atoms with Crippen molar-refractivity contribution in [2.45, 2.75) is 26.1 Å². The topological polar surface area (TPSA) is 94.5 Å². The summed E-state index contributed by atoms with van der Waals surface area (Å²) in [5.41, 5.74) is -0.179. The van der Waals surface area contributed by atoms with Crippen molar-refractivity contribution in [3.05, 3.63) is 79.7 Å².